The summed E-state index contributed by atoms with van der Waals surface area (Å²) in [6.07, 6.45) is 2.42. The van der Waals surface area contributed by atoms with Gasteiger partial charge in [-0.05, 0) is 43.2 Å². The van der Waals surface area contributed by atoms with Crippen LogP contribution in [0.2, 0.25) is 5.02 Å². The number of hydrogen-bond acceptors (Lipinski definition) is 6. The van der Waals surface area contributed by atoms with E-state index in [9.17, 15) is 0 Å². The quantitative estimate of drug-likeness (QED) is 0.616. The number of benzene rings is 2. The van der Waals surface area contributed by atoms with Gasteiger partial charge in [0, 0.05) is 11.6 Å². The third kappa shape index (κ3) is 5.07. The summed E-state index contributed by atoms with van der Waals surface area (Å²) in [6, 6.07) is 15.5. The lowest BCUT2D eigenvalue weighted by molar-refractivity contribution is 0.342. The number of hydrogen-bond donors (Lipinski definition) is 2. The Morgan fingerprint density at radius 3 is 2.69 bits per heavy atom. The van der Waals surface area contributed by atoms with Crippen molar-refractivity contribution in [2.75, 3.05) is 23.8 Å². The van der Waals surface area contributed by atoms with Crippen molar-refractivity contribution < 1.29 is 4.74 Å². The number of ether oxygens (including phenoxy) is 1. The van der Waals surface area contributed by atoms with Crippen molar-refractivity contribution in [2.45, 2.75) is 13.3 Å². The first-order chi connectivity index (χ1) is 12.7. The highest BCUT2D eigenvalue weighted by atomic mass is 35.5. The van der Waals surface area contributed by atoms with E-state index in [4.69, 9.17) is 16.3 Å². The van der Waals surface area contributed by atoms with Crippen LogP contribution < -0.4 is 15.4 Å². The van der Waals surface area contributed by atoms with E-state index in [1.807, 2.05) is 55.5 Å². The lowest BCUT2D eigenvalue weighted by Crippen LogP contribution is -2.10. The minimum Gasteiger partial charge on any atom is -0.492 e. The summed E-state index contributed by atoms with van der Waals surface area (Å²) >= 11 is 5.90. The van der Waals surface area contributed by atoms with Gasteiger partial charge in [-0.25, -0.2) is 0 Å². The second-order valence-corrected chi connectivity index (χ2v) is 5.96. The van der Waals surface area contributed by atoms with Crippen molar-refractivity contribution in [3.05, 3.63) is 65.3 Å². The van der Waals surface area contributed by atoms with E-state index in [0.29, 0.717) is 24.9 Å². The molecule has 6 nitrogen and oxygen atoms in total. The predicted octanol–water partition coefficient (Wildman–Crippen LogP) is 4.32. The maximum absolute atomic E-state index is 5.90. The Kier molecular flexibility index (Phi) is 6.22. The molecule has 0 aliphatic carbocycles. The van der Waals surface area contributed by atoms with Crippen molar-refractivity contribution in [1.29, 1.82) is 0 Å². The van der Waals surface area contributed by atoms with Gasteiger partial charge in [0.1, 0.15) is 5.75 Å². The molecule has 26 heavy (non-hydrogen) atoms. The maximum Gasteiger partial charge on any atom is 0.244 e. The van der Waals surface area contributed by atoms with Gasteiger partial charge >= 0.3 is 0 Å². The smallest absolute Gasteiger partial charge is 0.244 e. The average molecular weight is 370 g/mol. The molecule has 3 rings (SSSR count). The van der Waals surface area contributed by atoms with E-state index < -0.39 is 0 Å². The van der Waals surface area contributed by atoms with Crippen LogP contribution in [0.1, 0.15) is 12.5 Å². The molecule has 0 unspecified atom stereocenters. The van der Waals surface area contributed by atoms with E-state index in [0.717, 1.165) is 22.9 Å². The van der Waals surface area contributed by atoms with E-state index >= 15 is 0 Å². The van der Waals surface area contributed by atoms with Gasteiger partial charge in [-0.1, -0.05) is 35.9 Å². The minimum absolute atomic E-state index is 0.470. The summed E-state index contributed by atoms with van der Waals surface area (Å²) in [4.78, 5) is 4.44. The molecule has 0 radical (unpaired) electrons. The Hall–Kier alpha value is -2.86. The summed E-state index contributed by atoms with van der Waals surface area (Å²) in [7, 11) is 0. The zero-order valence-corrected chi connectivity index (χ0v) is 15.2. The van der Waals surface area contributed by atoms with Gasteiger partial charge < -0.3 is 15.4 Å². The van der Waals surface area contributed by atoms with Crippen LogP contribution in [0.4, 0.5) is 17.5 Å². The number of nitrogens with one attached hydrogen (secondary N) is 2. The third-order valence-corrected chi connectivity index (χ3v) is 3.87. The molecule has 3 aromatic rings. The van der Waals surface area contributed by atoms with Crippen molar-refractivity contribution in [3.63, 3.8) is 0 Å². The molecule has 0 spiro atoms. The van der Waals surface area contributed by atoms with Gasteiger partial charge in [-0.3, -0.25) is 0 Å². The summed E-state index contributed by atoms with van der Waals surface area (Å²) in [5.41, 5.74) is 2.02. The molecule has 2 N–H and O–H groups in total. The Morgan fingerprint density at radius 1 is 1.08 bits per heavy atom. The van der Waals surface area contributed by atoms with E-state index in [-0.39, 0.29) is 0 Å². The third-order valence-electron chi connectivity index (χ3n) is 3.62. The van der Waals surface area contributed by atoms with Gasteiger partial charge in [0.15, 0.2) is 5.82 Å². The van der Waals surface area contributed by atoms with Crippen LogP contribution in [0, 0.1) is 0 Å². The molecule has 0 aliphatic rings. The molecule has 0 atom stereocenters. The number of anilines is 3. The van der Waals surface area contributed by atoms with Gasteiger partial charge in [0.25, 0.3) is 0 Å². The first-order valence-electron chi connectivity index (χ1n) is 8.41. The summed E-state index contributed by atoms with van der Waals surface area (Å²) in [5, 5.41) is 15.2. The fourth-order valence-electron chi connectivity index (χ4n) is 2.40. The molecule has 0 aliphatic heterocycles. The van der Waals surface area contributed by atoms with Crippen molar-refractivity contribution in [1.82, 2.24) is 15.2 Å². The normalized spacial score (nSPS) is 10.4. The lowest BCUT2D eigenvalue weighted by Gasteiger charge is -2.12. The number of nitrogens with zero attached hydrogens (tertiary/aromatic N) is 3. The molecule has 7 heteroatoms. The molecule has 2 aromatic carbocycles. The minimum atomic E-state index is 0.470. The lowest BCUT2D eigenvalue weighted by atomic mass is 10.1. The molecule has 0 amide bonds. The standard InChI is InChI=1S/C19H20ClN5O/c1-2-26-17-6-4-3-5-16(17)23-18-13-22-25-19(24-18)21-12-11-14-7-9-15(20)10-8-14/h3-10,13H,2,11-12H2,1H3,(H2,21,23,24,25). The molecular formula is C19H20ClN5O. The predicted molar refractivity (Wildman–Crippen MR) is 104 cm³/mol. The SMILES string of the molecule is CCOc1ccccc1Nc1cnnc(NCCc2ccc(Cl)cc2)n1. The van der Waals surface area contributed by atoms with Crippen molar-refractivity contribution in [3.8, 4) is 5.75 Å². The molecule has 1 aromatic heterocycles. The molecular weight excluding hydrogens is 350 g/mol. The second kappa shape index (κ2) is 9.01. The molecule has 134 valence electrons. The first kappa shape index (κ1) is 17.9. The van der Waals surface area contributed by atoms with E-state index in [2.05, 4.69) is 25.8 Å². The summed E-state index contributed by atoms with van der Waals surface area (Å²) in [6.45, 7) is 3.24. The average Bonchev–Trinajstić information content (AvgIpc) is 2.66. The second-order valence-electron chi connectivity index (χ2n) is 5.52. The van der Waals surface area contributed by atoms with Crippen LogP contribution in [0.25, 0.3) is 0 Å². The Morgan fingerprint density at radius 2 is 1.88 bits per heavy atom. The molecule has 1 heterocycles. The van der Waals surface area contributed by atoms with Gasteiger partial charge in [-0.2, -0.15) is 10.1 Å². The van der Waals surface area contributed by atoms with Crippen molar-refractivity contribution in [2.24, 2.45) is 0 Å². The van der Waals surface area contributed by atoms with Crippen LogP contribution in [0.3, 0.4) is 0 Å². The monoisotopic (exact) mass is 369 g/mol. The van der Waals surface area contributed by atoms with Crippen LogP contribution in [-0.4, -0.2) is 28.3 Å². The van der Waals surface area contributed by atoms with Crippen LogP contribution in [0.5, 0.6) is 5.75 Å². The molecule has 0 saturated carbocycles. The van der Waals surface area contributed by atoms with Crippen LogP contribution in [0.15, 0.2) is 54.7 Å². The van der Waals surface area contributed by atoms with E-state index in [1.165, 1.54) is 5.56 Å². The van der Waals surface area contributed by atoms with Gasteiger partial charge in [-0.15, -0.1) is 5.10 Å². The number of rotatable bonds is 8. The highest BCUT2D eigenvalue weighted by molar-refractivity contribution is 6.30. The molecule has 0 bridgehead atoms. The van der Waals surface area contributed by atoms with Gasteiger partial charge in [0.05, 0.1) is 18.5 Å². The number of para-hydroxylation sites is 2. The van der Waals surface area contributed by atoms with Crippen molar-refractivity contribution >= 4 is 29.1 Å². The summed E-state index contributed by atoms with van der Waals surface area (Å²) in [5.74, 6) is 1.84. The van der Waals surface area contributed by atoms with Crippen LogP contribution in [-0.2, 0) is 6.42 Å². The topological polar surface area (TPSA) is 72.0 Å². The zero-order chi connectivity index (χ0) is 18.2. The Labute approximate surface area is 157 Å². The Balaban J connectivity index is 1.60. The van der Waals surface area contributed by atoms with Crippen LogP contribution >= 0.6 is 11.6 Å². The highest BCUT2D eigenvalue weighted by Gasteiger charge is 2.05. The fraction of sp³-hybridized carbons (Fsp3) is 0.211. The van der Waals surface area contributed by atoms with Gasteiger partial charge in [0.2, 0.25) is 5.95 Å². The fourth-order valence-corrected chi connectivity index (χ4v) is 2.52. The zero-order valence-electron chi connectivity index (χ0n) is 14.4. The highest BCUT2D eigenvalue weighted by Crippen LogP contribution is 2.26. The maximum atomic E-state index is 5.90. The number of halogens is 1. The molecule has 0 saturated heterocycles. The Bertz CT molecular complexity index is 841. The largest absolute Gasteiger partial charge is 0.492 e. The summed E-state index contributed by atoms with van der Waals surface area (Å²) < 4.78 is 5.61. The van der Waals surface area contributed by atoms with E-state index in [1.54, 1.807) is 6.20 Å². The first-order valence-corrected chi connectivity index (χ1v) is 8.79. The molecule has 0 fully saturated rings. The number of aromatic nitrogens is 3.